The summed E-state index contributed by atoms with van der Waals surface area (Å²) in [6.07, 6.45) is 7.18. The topological polar surface area (TPSA) is 88.0 Å². The number of hydrogen-bond donors (Lipinski definition) is 3. The van der Waals surface area contributed by atoms with E-state index in [1.807, 2.05) is 0 Å². The van der Waals surface area contributed by atoms with Gasteiger partial charge in [-0.1, -0.05) is 0 Å². The third-order valence-electron chi connectivity index (χ3n) is 8.12. The van der Waals surface area contributed by atoms with E-state index in [9.17, 15) is 9.46 Å². The lowest BCUT2D eigenvalue weighted by molar-refractivity contribution is -0.0749. The molecule has 4 aliphatic carbocycles. The zero-order chi connectivity index (χ0) is 24.4. The average molecular weight is 524 g/mol. The van der Waals surface area contributed by atoms with Crippen LogP contribution in [0, 0.1) is 34.8 Å². The average Bonchev–Trinajstić information content (AvgIpc) is 3.20. The fourth-order valence-corrected chi connectivity index (χ4v) is 8.65. The molecule has 188 valence electrons. The van der Waals surface area contributed by atoms with Crippen LogP contribution in [0.15, 0.2) is 24.3 Å². The van der Waals surface area contributed by atoms with Crippen molar-refractivity contribution in [3.8, 4) is 11.5 Å². The number of thiophene rings is 1. The SMILES string of the molecule is O=P(O)(CCOc1ccc2c(sc3c(F)c(OCC45CC6CC(CC(C6)C4)C5)ccc32)c1F)NO. The standard InChI is InChI=1S/C25H28F2NO5PS/c26-21-19(32-5-6-34(30,31)28-29)3-1-17-18-2-4-20(22(27)24(18)35-23(17)21)33-13-25-10-14-7-15(11-25)9-16(8-14)12-25/h1-4,14-16,29H,5-13H2,(H2,28,30,31). The summed E-state index contributed by atoms with van der Waals surface area (Å²) in [6.45, 7) is 0.263. The zero-order valence-corrected chi connectivity index (χ0v) is 20.8. The fraction of sp³-hybridized carbons (Fsp3) is 0.520. The minimum Gasteiger partial charge on any atom is -0.490 e. The molecule has 10 heteroatoms. The van der Waals surface area contributed by atoms with Crippen LogP contribution in [0.2, 0.25) is 0 Å². The number of rotatable bonds is 8. The van der Waals surface area contributed by atoms with E-state index in [-0.39, 0.29) is 28.2 Å². The summed E-state index contributed by atoms with van der Waals surface area (Å²) in [5.41, 5.74) is 0.165. The number of benzene rings is 2. The van der Waals surface area contributed by atoms with Gasteiger partial charge in [0, 0.05) is 16.2 Å². The minimum absolute atomic E-state index is 0.0966. The highest BCUT2D eigenvalue weighted by molar-refractivity contribution is 7.55. The van der Waals surface area contributed by atoms with Crippen molar-refractivity contribution < 1.29 is 32.9 Å². The third-order valence-corrected chi connectivity index (χ3v) is 10.4. The van der Waals surface area contributed by atoms with Gasteiger partial charge in [0.25, 0.3) is 7.52 Å². The molecule has 35 heavy (non-hydrogen) atoms. The lowest BCUT2D eigenvalue weighted by Gasteiger charge is -2.56. The Labute approximate surface area is 205 Å². The van der Waals surface area contributed by atoms with E-state index in [1.54, 1.807) is 18.2 Å². The van der Waals surface area contributed by atoms with Crippen molar-refractivity contribution in [2.24, 2.45) is 23.2 Å². The molecule has 4 aliphatic rings. The number of halogens is 2. The van der Waals surface area contributed by atoms with E-state index < -0.39 is 25.3 Å². The molecule has 1 aromatic heterocycles. The Balaban J connectivity index is 1.24. The summed E-state index contributed by atoms with van der Waals surface area (Å²) in [6, 6.07) is 6.51. The summed E-state index contributed by atoms with van der Waals surface area (Å²) in [7, 11) is -3.94. The van der Waals surface area contributed by atoms with Crippen LogP contribution in [0.1, 0.15) is 38.5 Å². The summed E-state index contributed by atoms with van der Waals surface area (Å²) in [4.78, 5) is 9.35. The van der Waals surface area contributed by atoms with Crippen LogP contribution >= 0.6 is 18.9 Å². The molecular formula is C25H28F2NO5PS. The van der Waals surface area contributed by atoms with Gasteiger partial charge in [0.2, 0.25) is 0 Å². The molecule has 7 rings (SSSR count). The highest BCUT2D eigenvalue weighted by Crippen LogP contribution is 2.60. The smallest absolute Gasteiger partial charge is 0.292 e. The van der Waals surface area contributed by atoms with Crippen LogP contribution in [0.3, 0.4) is 0 Å². The van der Waals surface area contributed by atoms with Gasteiger partial charge >= 0.3 is 0 Å². The molecule has 3 aromatic rings. The fourth-order valence-electron chi connectivity index (χ4n) is 7.05. The first kappa shape index (κ1) is 23.6. The number of ether oxygens (including phenoxy) is 2. The van der Waals surface area contributed by atoms with Gasteiger partial charge in [-0.15, -0.1) is 16.6 Å². The van der Waals surface area contributed by atoms with Crippen LogP contribution in [0.5, 0.6) is 11.5 Å². The Morgan fingerprint density at radius 1 is 0.943 bits per heavy atom. The van der Waals surface area contributed by atoms with Crippen LogP contribution in [-0.2, 0) is 4.57 Å². The summed E-state index contributed by atoms with van der Waals surface area (Å²) in [5, 5.41) is 11.2. The Hall–Kier alpha value is -1.77. The van der Waals surface area contributed by atoms with E-state index in [2.05, 4.69) is 0 Å². The Morgan fingerprint density at radius 2 is 1.46 bits per heavy atom. The van der Waals surface area contributed by atoms with Crippen molar-refractivity contribution in [1.29, 1.82) is 0 Å². The maximum atomic E-state index is 15.5. The largest absolute Gasteiger partial charge is 0.490 e. The second-order valence-electron chi connectivity index (χ2n) is 10.7. The number of hydrogen-bond acceptors (Lipinski definition) is 5. The van der Waals surface area contributed by atoms with E-state index in [0.717, 1.165) is 29.1 Å². The van der Waals surface area contributed by atoms with Crippen molar-refractivity contribution in [3.63, 3.8) is 0 Å². The predicted molar refractivity (Wildman–Crippen MR) is 130 cm³/mol. The molecule has 0 radical (unpaired) electrons. The zero-order valence-electron chi connectivity index (χ0n) is 19.1. The molecule has 3 N–H and O–H groups in total. The molecule has 4 fully saturated rings. The molecule has 2 aromatic carbocycles. The second kappa shape index (κ2) is 8.67. The number of fused-ring (bicyclic) bond motifs is 3. The van der Waals surface area contributed by atoms with Crippen LogP contribution in [-0.4, -0.2) is 29.5 Å². The van der Waals surface area contributed by atoms with Gasteiger partial charge in [-0.3, -0.25) is 4.57 Å². The minimum atomic E-state index is -3.94. The van der Waals surface area contributed by atoms with Gasteiger partial charge < -0.3 is 19.6 Å². The van der Waals surface area contributed by atoms with Crippen molar-refractivity contribution in [3.05, 3.63) is 35.9 Å². The molecule has 0 spiro atoms. The molecule has 1 unspecified atom stereocenters. The van der Waals surface area contributed by atoms with Crippen molar-refractivity contribution in [1.82, 2.24) is 5.25 Å². The summed E-state index contributed by atoms with van der Waals surface area (Å²) < 4.78 is 54.1. The molecule has 0 saturated heterocycles. The Bertz CT molecular complexity index is 1310. The molecule has 0 aliphatic heterocycles. The molecule has 1 atom stereocenters. The van der Waals surface area contributed by atoms with E-state index in [1.165, 1.54) is 49.8 Å². The molecule has 4 bridgehead atoms. The Morgan fingerprint density at radius 3 is 1.97 bits per heavy atom. The quantitative estimate of drug-likeness (QED) is 0.232. The van der Waals surface area contributed by atoms with Crippen LogP contribution < -0.4 is 14.7 Å². The Kier molecular flexibility index (Phi) is 5.85. The van der Waals surface area contributed by atoms with Crippen LogP contribution in [0.25, 0.3) is 20.2 Å². The first-order valence-corrected chi connectivity index (χ1v) is 14.7. The van der Waals surface area contributed by atoms with Gasteiger partial charge in [-0.05, 0) is 80.5 Å². The predicted octanol–water partition coefficient (Wildman–Crippen LogP) is 6.47. The first-order valence-electron chi connectivity index (χ1n) is 12.1. The molecular weight excluding hydrogens is 495 g/mol. The highest BCUT2D eigenvalue weighted by Gasteiger charge is 2.51. The molecule has 1 heterocycles. The van der Waals surface area contributed by atoms with E-state index in [0.29, 0.717) is 22.1 Å². The maximum absolute atomic E-state index is 15.5. The maximum Gasteiger partial charge on any atom is 0.292 e. The van der Waals surface area contributed by atoms with Crippen molar-refractivity contribution in [2.75, 3.05) is 19.4 Å². The van der Waals surface area contributed by atoms with E-state index in [4.69, 9.17) is 14.7 Å². The first-order chi connectivity index (χ1) is 16.8. The second-order valence-corrected chi connectivity index (χ2v) is 13.8. The lowest BCUT2D eigenvalue weighted by Crippen LogP contribution is -2.48. The van der Waals surface area contributed by atoms with Gasteiger partial charge in [-0.25, -0.2) is 8.78 Å². The third kappa shape index (κ3) is 4.25. The normalized spacial score (nSPS) is 29.1. The monoisotopic (exact) mass is 523 g/mol. The van der Waals surface area contributed by atoms with Gasteiger partial charge in [0.1, 0.15) is 0 Å². The van der Waals surface area contributed by atoms with Crippen LogP contribution in [0.4, 0.5) is 8.78 Å². The molecule has 4 saturated carbocycles. The summed E-state index contributed by atoms with van der Waals surface area (Å²) >= 11 is 1.01. The van der Waals surface area contributed by atoms with Gasteiger partial charge in [-0.2, -0.15) is 0 Å². The van der Waals surface area contributed by atoms with E-state index >= 15 is 8.78 Å². The van der Waals surface area contributed by atoms with Crippen molar-refractivity contribution in [2.45, 2.75) is 38.5 Å². The van der Waals surface area contributed by atoms with Crippen molar-refractivity contribution >= 4 is 39.0 Å². The highest BCUT2D eigenvalue weighted by atomic mass is 32.1. The molecule has 6 nitrogen and oxygen atoms in total. The van der Waals surface area contributed by atoms with Gasteiger partial charge in [0.15, 0.2) is 23.1 Å². The number of nitrogens with one attached hydrogen (secondary N) is 1. The molecule has 0 amide bonds. The summed E-state index contributed by atoms with van der Waals surface area (Å²) in [5.74, 6) is 1.39. The van der Waals surface area contributed by atoms with Gasteiger partial charge in [0.05, 0.1) is 28.8 Å². The lowest BCUT2D eigenvalue weighted by atomic mass is 9.50.